The molecule has 0 spiro atoms. The summed E-state index contributed by atoms with van der Waals surface area (Å²) < 4.78 is 0. The molecule has 3 aromatic rings. The summed E-state index contributed by atoms with van der Waals surface area (Å²) in [6, 6.07) is 27.3. The van der Waals surface area contributed by atoms with Gasteiger partial charge in [-0.3, -0.25) is 4.99 Å². The summed E-state index contributed by atoms with van der Waals surface area (Å²) in [6.45, 7) is 26.9. The summed E-state index contributed by atoms with van der Waals surface area (Å²) in [5.74, 6) is 0. The van der Waals surface area contributed by atoms with Gasteiger partial charge >= 0.3 is 0 Å². The first kappa shape index (κ1) is 40.4. The lowest BCUT2D eigenvalue weighted by atomic mass is 9.91. The molecule has 0 saturated carbocycles. The molecule has 0 fully saturated rings. The topological polar surface area (TPSA) is 24.4 Å². The van der Waals surface area contributed by atoms with Gasteiger partial charge in [0.1, 0.15) is 0 Å². The molecule has 2 heteroatoms. The minimum Gasteiger partial charge on any atom is -0.355 e. The standard InChI is InChI=1S/C50H54N2/c1-11-17-19-26-38(8)50(37(7)15-5)44-33-31-43(32-34-44)47(16-6)48(25-14-4)52-46-30-22-29-45(36-46)49(35-39(9)41-27-20-18-21-28-41)51-40(10)42(23-12-2)24-13-3/h11-36,52H,2,4,9H2,1,3,5-8,10H3/b17-11-,24-13-,26-19-,37-15?,42-23+,47-16-,48-25+,49-35-,50-38-,51-40+. The Labute approximate surface area is 313 Å². The van der Waals surface area contributed by atoms with Gasteiger partial charge in [-0.05, 0) is 117 Å². The number of nitrogens with zero attached hydrogens (tertiary/aromatic N) is 1. The quantitative estimate of drug-likeness (QED) is 0.118. The normalized spacial score (nSPS) is 14.3. The number of benzene rings is 3. The van der Waals surface area contributed by atoms with Gasteiger partial charge in [-0.25, -0.2) is 0 Å². The molecular weight excluding hydrogens is 629 g/mol. The van der Waals surface area contributed by atoms with Crippen LogP contribution in [0.5, 0.6) is 0 Å². The Morgan fingerprint density at radius 2 is 1.35 bits per heavy atom. The molecule has 2 nitrogen and oxygen atoms in total. The van der Waals surface area contributed by atoms with Gasteiger partial charge in [0.05, 0.1) is 5.70 Å². The first-order valence-electron chi connectivity index (χ1n) is 17.8. The van der Waals surface area contributed by atoms with Crippen molar-refractivity contribution in [3.05, 3.63) is 222 Å². The van der Waals surface area contributed by atoms with E-state index in [1.807, 2.05) is 81.5 Å². The van der Waals surface area contributed by atoms with Crippen molar-refractivity contribution < 1.29 is 0 Å². The maximum Gasteiger partial charge on any atom is 0.0712 e. The Balaban J connectivity index is 2.06. The van der Waals surface area contributed by atoms with Gasteiger partial charge in [0.25, 0.3) is 0 Å². The number of hydrogen-bond donors (Lipinski definition) is 1. The third kappa shape index (κ3) is 11.5. The lowest BCUT2D eigenvalue weighted by Crippen LogP contribution is -2.03. The maximum absolute atomic E-state index is 5.14. The van der Waals surface area contributed by atoms with Crippen LogP contribution in [0.25, 0.3) is 22.4 Å². The first-order valence-corrected chi connectivity index (χ1v) is 17.8. The fourth-order valence-corrected chi connectivity index (χ4v) is 5.76. The molecule has 0 amide bonds. The Morgan fingerprint density at radius 1 is 0.673 bits per heavy atom. The molecule has 0 atom stereocenters. The summed E-state index contributed by atoms with van der Waals surface area (Å²) in [7, 11) is 0. The highest BCUT2D eigenvalue weighted by atomic mass is 14.9. The fourth-order valence-electron chi connectivity index (χ4n) is 5.76. The molecule has 52 heavy (non-hydrogen) atoms. The predicted molar refractivity (Wildman–Crippen MR) is 234 cm³/mol. The smallest absolute Gasteiger partial charge is 0.0712 e. The molecule has 0 aromatic heterocycles. The van der Waals surface area contributed by atoms with Crippen LogP contribution in [-0.4, -0.2) is 5.71 Å². The summed E-state index contributed by atoms with van der Waals surface area (Å²) >= 11 is 0. The van der Waals surface area contributed by atoms with Crippen LogP contribution in [0.1, 0.15) is 70.7 Å². The zero-order valence-corrected chi connectivity index (χ0v) is 32.1. The second-order valence-electron chi connectivity index (χ2n) is 12.2. The molecular formula is C50H54N2. The average Bonchev–Trinajstić information content (AvgIpc) is 3.16. The van der Waals surface area contributed by atoms with Crippen molar-refractivity contribution in [1.82, 2.24) is 0 Å². The summed E-state index contributed by atoms with van der Waals surface area (Å²) in [5, 5.41) is 3.69. The van der Waals surface area contributed by atoms with Gasteiger partial charge in [-0.15, -0.1) is 0 Å². The van der Waals surface area contributed by atoms with Crippen LogP contribution in [0.15, 0.2) is 205 Å². The van der Waals surface area contributed by atoms with Crippen molar-refractivity contribution in [1.29, 1.82) is 0 Å². The Bertz CT molecular complexity index is 2030. The third-order valence-electron chi connectivity index (χ3n) is 8.46. The van der Waals surface area contributed by atoms with Crippen molar-refractivity contribution in [2.75, 3.05) is 5.32 Å². The molecule has 0 aliphatic rings. The highest BCUT2D eigenvalue weighted by Crippen LogP contribution is 2.32. The number of aliphatic imine (C=N–C) groups is 1. The van der Waals surface area contributed by atoms with Crippen LogP contribution in [-0.2, 0) is 0 Å². The van der Waals surface area contributed by atoms with Crippen LogP contribution < -0.4 is 5.32 Å². The van der Waals surface area contributed by atoms with E-state index in [0.717, 1.165) is 56.2 Å². The van der Waals surface area contributed by atoms with Crippen LogP contribution in [0.2, 0.25) is 0 Å². The van der Waals surface area contributed by atoms with E-state index in [9.17, 15) is 0 Å². The minimum atomic E-state index is 0.807. The second-order valence-corrected chi connectivity index (χ2v) is 12.2. The summed E-state index contributed by atoms with van der Waals surface area (Å²) in [5.41, 5.74) is 14.5. The fraction of sp³-hybridized carbons (Fsp3) is 0.140. The maximum atomic E-state index is 5.14. The molecule has 0 bridgehead atoms. The van der Waals surface area contributed by atoms with Gasteiger partial charge in [-0.1, -0.05) is 153 Å². The van der Waals surface area contributed by atoms with E-state index in [1.165, 1.54) is 22.3 Å². The Kier molecular flexibility index (Phi) is 16.5. The van der Waals surface area contributed by atoms with Gasteiger partial charge in [-0.2, -0.15) is 0 Å². The van der Waals surface area contributed by atoms with Gasteiger partial charge in [0.15, 0.2) is 0 Å². The molecule has 1 N–H and O–H groups in total. The third-order valence-corrected chi connectivity index (χ3v) is 8.46. The zero-order chi connectivity index (χ0) is 37.9. The van der Waals surface area contributed by atoms with Crippen LogP contribution in [0.3, 0.4) is 0 Å². The van der Waals surface area contributed by atoms with Crippen molar-refractivity contribution in [2.45, 2.75) is 48.5 Å². The molecule has 0 heterocycles. The van der Waals surface area contributed by atoms with Gasteiger partial charge < -0.3 is 5.32 Å². The lowest BCUT2D eigenvalue weighted by molar-refractivity contribution is 1.39. The van der Waals surface area contributed by atoms with Crippen molar-refractivity contribution in [3.63, 3.8) is 0 Å². The van der Waals surface area contributed by atoms with E-state index in [4.69, 9.17) is 4.99 Å². The van der Waals surface area contributed by atoms with Crippen molar-refractivity contribution in [2.24, 2.45) is 4.99 Å². The number of nitrogens with one attached hydrogen (secondary N) is 1. The highest BCUT2D eigenvalue weighted by Gasteiger charge is 2.12. The van der Waals surface area contributed by atoms with Gasteiger partial charge in [0.2, 0.25) is 0 Å². The van der Waals surface area contributed by atoms with E-state index in [2.05, 4.69) is 144 Å². The Hall–Kier alpha value is -5.99. The second kappa shape index (κ2) is 21.3. The zero-order valence-electron chi connectivity index (χ0n) is 32.1. The number of allylic oxidation sites excluding steroid dienone is 19. The summed E-state index contributed by atoms with van der Waals surface area (Å²) in [4.78, 5) is 5.14. The van der Waals surface area contributed by atoms with E-state index in [0.29, 0.717) is 0 Å². The van der Waals surface area contributed by atoms with Crippen molar-refractivity contribution >= 4 is 33.8 Å². The average molecular weight is 683 g/mol. The lowest BCUT2D eigenvalue weighted by Gasteiger charge is -2.17. The van der Waals surface area contributed by atoms with E-state index >= 15 is 0 Å². The van der Waals surface area contributed by atoms with Crippen LogP contribution in [0.4, 0.5) is 5.69 Å². The molecule has 0 radical (unpaired) electrons. The molecule has 264 valence electrons. The Morgan fingerprint density at radius 3 is 1.96 bits per heavy atom. The molecule has 3 aromatic carbocycles. The largest absolute Gasteiger partial charge is 0.355 e. The van der Waals surface area contributed by atoms with Gasteiger partial charge in [0, 0.05) is 28.2 Å². The van der Waals surface area contributed by atoms with E-state index in [-0.39, 0.29) is 0 Å². The number of rotatable bonds is 16. The SMILES string of the molecule is C=C/C=C(Nc1cccc(C(=C/C(=C)c2ccccc2)/N=C(C)/C(/C=C\C)=C/C=C)c1)\C(=C/C)c1ccc(\C(C(C)=CC)=C(C)/C=C\C=C/C)cc1. The van der Waals surface area contributed by atoms with E-state index in [1.54, 1.807) is 6.08 Å². The molecule has 0 aliphatic heterocycles. The van der Waals surface area contributed by atoms with Crippen molar-refractivity contribution in [3.8, 4) is 0 Å². The first-order chi connectivity index (χ1) is 25.2. The van der Waals surface area contributed by atoms with Crippen LogP contribution >= 0.6 is 0 Å². The molecule has 0 unspecified atom stereocenters. The monoisotopic (exact) mass is 682 g/mol. The molecule has 0 aliphatic carbocycles. The van der Waals surface area contributed by atoms with Crippen LogP contribution in [0, 0.1) is 0 Å². The molecule has 3 rings (SSSR count). The minimum absolute atomic E-state index is 0.807. The van der Waals surface area contributed by atoms with E-state index < -0.39 is 0 Å². The molecule has 0 saturated heterocycles. The number of anilines is 1. The predicted octanol–water partition coefficient (Wildman–Crippen LogP) is 14.3. The highest BCUT2D eigenvalue weighted by molar-refractivity contribution is 6.04. The number of hydrogen-bond acceptors (Lipinski definition) is 2. The summed E-state index contributed by atoms with van der Waals surface area (Å²) in [6.07, 6.45) is 26.3.